The van der Waals surface area contributed by atoms with Gasteiger partial charge < -0.3 is 18.9 Å². The first-order chi connectivity index (χ1) is 11.5. The minimum atomic E-state index is -0.367. The van der Waals surface area contributed by atoms with Crippen LogP contribution >= 0.6 is 0 Å². The van der Waals surface area contributed by atoms with Gasteiger partial charge in [0.1, 0.15) is 0 Å². The summed E-state index contributed by atoms with van der Waals surface area (Å²) in [6.45, 7) is 0. The Labute approximate surface area is 159 Å². The number of carbonyl (C=O) groups is 2. The molecular weight excluding hydrogens is 378 g/mol. The molecule has 25 heavy (non-hydrogen) atoms. The molecule has 0 saturated carbocycles. The molecule has 0 aliphatic rings. The number of ether oxygens (including phenoxy) is 4. The van der Waals surface area contributed by atoms with Crippen molar-refractivity contribution in [1.29, 1.82) is 0 Å². The first-order valence-corrected chi connectivity index (χ1v) is 6.83. The van der Waals surface area contributed by atoms with E-state index in [0.29, 0.717) is 22.6 Å². The molecule has 0 unspecified atom stereocenters. The molecule has 0 atom stereocenters. The van der Waals surface area contributed by atoms with Crippen molar-refractivity contribution >= 4 is 11.9 Å². The van der Waals surface area contributed by atoms with Gasteiger partial charge in [-0.25, -0.2) is 0 Å². The Morgan fingerprint density at radius 3 is 1.28 bits per heavy atom. The summed E-state index contributed by atoms with van der Waals surface area (Å²) in [4.78, 5) is 21.9. The molecule has 0 bridgehead atoms. The Kier molecular flexibility index (Phi) is 10.9. The summed E-state index contributed by atoms with van der Waals surface area (Å²) < 4.78 is 18.8. The molecule has 2 rings (SSSR count). The second kappa shape index (κ2) is 12.0. The summed E-state index contributed by atoms with van der Waals surface area (Å²) in [7, 11) is 5.77. The molecule has 0 N–H and O–H groups in total. The second-order valence-corrected chi connectivity index (χ2v) is 4.27. The van der Waals surface area contributed by atoms with E-state index in [-0.39, 0.29) is 31.4 Å². The first kappa shape index (κ1) is 22.6. The van der Waals surface area contributed by atoms with Gasteiger partial charge >= 0.3 is 19.5 Å². The molecule has 0 spiro atoms. The van der Waals surface area contributed by atoms with Gasteiger partial charge in [-0.1, -0.05) is 11.1 Å². The van der Waals surface area contributed by atoms with Gasteiger partial charge in [-0.15, -0.1) is 24.3 Å². The Morgan fingerprint density at radius 2 is 1.08 bits per heavy atom. The molecule has 2 aromatic carbocycles. The normalized spacial score (nSPS) is 8.80. The monoisotopic (exact) mass is 394 g/mol. The molecule has 0 fully saturated rings. The van der Waals surface area contributed by atoms with Crippen molar-refractivity contribution in [2.24, 2.45) is 0 Å². The summed E-state index contributed by atoms with van der Waals surface area (Å²) in [5.74, 6) is 0.466. The number of methoxy groups -OCH3 is 4. The van der Waals surface area contributed by atoms with Gasteiger partial charge in [0.2, 0.25) is 0 Å². The second-order valence-electron chi connectivity index (χ2n) is 4.27. The van der Waals surface area contributed by atoms with E-state index in [1.807, 2.05) is 0 Å². The summed E-state index contributed by atoms with van der Waals surface area (Å²) in [6, 6.07) is 15.2. The Morgan fingerprint density at radius 1 is 0.720 bits per heavy atom. The predicted molar refractivity (Wildman–Crippen MR) is 86.3 cm³/mol. The smallest absolute Gasteiger partial charge is 0.523 e. The minimum Gasteiger partial charge on any atom is -0.523 e. The van der Waals surface area contributed by atoms with Crippen LogP contribution in [0.4, 0.5) is 0 Å². The largest absolute Gasteiger partial charge is 2.00 e. The van der Waals surface area contributed by atoms with Crippen LogP contribution in [0.5, 0.6) is 11.5 Å². The zero-order valence-electron chi connectivity index (χ0n) is 14.6. The van der Waals surface area contributed by atoms with Crippen LogP contribution in [0, 0.1) is 12.1 Å². The van der Waals surface area contributed by atoms with Gasteiger partial charge in [0.15, 0.2) is 0 Å². The molecule has 0 saturated heterocycles. The molecule has 6 nitrogen and oxygen atoms in total. The van der Waals surface area contributed by atoms with Crippen LogP contribution in [0.2, 0.25) is 0 Å². The molecular formula is C18H18O6Zn. The van der Waals surface area contributed by atoms with Gasteiger partial charge in [-0.3, -0.25) is 9.59 Å². The van der Waals surface area contributed by atoms with Crippen molar-refractivity contribution in [3.05, 3.63) is 59.7 Å². The molecule has 0 aliphatic heterocycles. The fraction of sp³-hybridized carbons (Fsp3) is 0.222. The quantitative estimate of drug-likeness (QED) is 0.450. The van der Waals surface area contributed by atoms with Gasteiger partial charge in [-0.2, -0.15) is 24.3 Å². The van der Waals surface area contributed by atoms with Gasteiger partial charge in [0.25, 0.3) is 11.9 Å². The maximum Gasteiger partial charge on any atom is 2.00 e. The fourth-order valence-corrected chi connectivity index (χ4v) is 1.56. The predicted octanol–water partition coefficient (Wildman–Crippen LogP) is 2.56. The summed E-state index contributed by atoms with van der Waals surface area (Å²) in [5.41, 5.74) is 0.941. The van der Waals surface area contributed by atoms with Crippen molar-refractivity contribution in [3.63, 3.8) is 0 Å². The van der Waals surface area contributed by atoms with Crippen molar-refractivity contribution in [3.8, 4) is 11.5 Å². The zero-order chi connectivity index (χ0) is 17.9. The van der Waals surface area contributed by atoms with Crippen LogP contribution in [0.3, 0.4) is 0 Å². The van der Waals surface area contributed by atoms with Crippen LogP contribution in [0.25, 0.3) is 0 Å². The fourth-order valence-electron chi connectivity index (χ4n) is 1.56. The number of rotatable bonds is 4. The number of benzene rings is 2. The van der Waals surface area contributed by atoms with E-state index in [4.69, 9.17) is 9.47 Å². The number of carbonyl (C=O) groups excluding carboxylic acids is 2. The van der Waals surface area contributed by atoms with E-state index in [1.165, 1.54) is 26.4 Å². The van der Waals surface area contributed by atoms with Crippen molar-refractivity contribution in [2.45, 2.75) is 0 Å². The third-order valence-electron chi connectivity index (χ3n) is 2.85. The van der Waals surface area contributed by atoms with Crippen molar-refractivity contribution < 1.29 is 48.0 Å². The molecule has 0 aromatic heterocycles. The maximum atomic E-state index is 10.9. The summed E-state index contributed by atoms with van der Waals surface area (Å²) >= 11 is 0. The zero-order valence-corrected chi connectivity index (χ0v) is 17.6. The standard InChI is InChI=1S/2C9H9O3.Zn/c2*1-11-8-5-3-7(4-6-8)9(10)12-2;/h2*3-5H,1-2H3;/q2*-1;+2. The van der Waals surface area contributed by atoms with Crippen molar-refractivity contribution in [1.82, 2.24) is 0 Å². The minimum absolute atomic E-state index is 0. The third kappa shape index (κ3) is 7.35. The maximum absolute atomic E-state index is 10.9. The molecule has 0 amide bonds. The van der Waals surface area contributed by atoms with Crippen LogP contribution in [-0.2, 0) is 29.0 Å². The van der Waals surface area contributed by atoms with E-state index in [1.54, 1.807) is 38.5 Å². The molecule has 128 valence electrons. The van der Waals surface area contributed by atoms with Gasteiger partial charge in [-0.05, 0) is 0 Å². The van der Waals surface area contributed by atoms with E-state index < -0.39 is 0 Å². The van der Waals surface area contributed by atoms with Crippen LogP contribution < -0.4 is 9.47 Å². The van der Waals surface area contributed by atoms with Gasteiger partial charge in [0.05, 0.1) is 28.4 Å². The first-order valence-electron chi connectivity index (χ1n) is 6.83. The SMILES string of the molecule is COC(=O)c1c[c-]c(OC)cc1.COC(=O)c1c[c-]c(OC)cc1.[Zn+2]. The molecule has 7 heteroatoms. The Hall–Kier alpha value is -2.40. The van der Waals surface area contributed by atoms with E-state index in [0.717, 1.165) is 0 Å². The topological polar surface area (TPSA) is 71.1 Å². The average Bonchev–Trinajstić information content (AvgIpc) is 2.67. The Bertz CT molecular complexity index is 593. The van der Waals surface area contributed by atoms with Crippen LogP contribution in [0.15, 0.2) is 36.4 Å². The molecule has 0 radical (unpaired) electrons. The molecule has 2 aromatic rings. The number of hydrogen-bond donors (Lipinski definition) is 0. The average molecular weight is 396 g/mol. The van der Waals surface area contributed by atoms with Gasteiger partial charge in [0, 0.05) is 11.5 Å². The molecule has 0 aliphatic carbocycles. The van der Waals surface area contributed by atoms with Crippen LogP contribution in [-0.4, -0.2) is 40.4 Å². The summed E-state index contributed by atoms with van der Waals surface area (Å²) in [5, 5.41) is 0. The Balaban J connectivity index is 0.000000443. The van der Waals surface area contributed by atoms with E-state index in [9.17, 15) is 9.59 Å². The summed E-state index contributed by atoms with van der Waals surface area (Å²) in [6.07, 6.45) is 0. The number of esters is 2. The number of hydrogen-bond acceptors (Lipinski definition) is 6. The van der Waals surface area contributed by atoms with E-state index in [2.05, 4.69) is 21.6 Å². The molecule has 0 heterocycles. The third-order valence-corrected chi connectivity index (χ3v) is 2.85. The van der Waals surface area contributed by atoms with Crippen LogP contribution in [0.1, 0.15) is 20.7 Å². The van der Waals surface area contributed by atoms with E-state index >= 15 is 0 Å². The van der Waals surface area contributed by atoms with Crippen molar-refractivity contribution in [2.75, 3.05) is 28.4 Å².